The number of nitrogens with one attached hydrogen (secondary N) is 2. The number of aromatic nitrogens is 3. The number of aliphatic hydroxyl groups is 1. The number of nitrogens with zero attached hydrogens (tertiary/aromatic N) is 4. The van der Waals surface area contributed by atoms with Crippen molar-refractivity contribution in [2.75, 3.05) is 30.0 Å². The third kappa shape index (κ3) is 6.42. The third-order valence-electron chi connectivity index (χ3n) is 4.52. The molecule has 2 heterocycles. The van der Waals surface area contributed by atoms with Gasteiger partial charge in [0.15, 0.2) is 0 Å². The number of hydrogen-bond donors (Lipinski definition) is 3. The normalized spacial score (nSPS) is 11.9. The second kappa shape index (κ2) is 10.3. The molecule has 2 aromatic heterocycles. The predicted octanol–water partition coefficient (Wildman–Crippen LogP) is 4.18. The number of hydrogen-bond acceptors (Lipinski definition) is 7. The monoisotopic (exact) mass is 424 g/mol. The maximum atomic E-state index is 10.0. The molecule has 0 saturated heterocycles. The number of anilines is 2. The summed E-state index contributed by atoms with van der Waals surface area (Å²) in [6.07, 6.45) is 5.52. The number of benzene rings is 1. The maximum absolute atomic E-state index is 10.0. The van der Waals surface area contributed by atoms with E-state index in [1.807, 2.05) is 30.5 Å². The predicted molar refractivity (Wildman–Crippen MR) is 126 cm³/mol. The minimum Gasteiger partial charge on any atom is -0.474 e. The Labute approximate surface area is 183 Å². The average molecular weight is 425 g/mol. The van der Waals surface area contributed by atoms with Crippen molar-refractivity contribution in [1.29, 1.82) is 0 Å². The largest absolute Gasteiger partial charge is 0.474 e. The van der Waals surface area contributed by atoms with Crippen LogP contribution in [-0.4, -0.2) is 51.6 Å². The van der Waals surface area contributed by atoms with Crippen LogP contribution in [0.2, 0.25) is 0 Å². The number of para-hydroxylation sites is 1. The van der Waals surface area contributed by atoms with Crippen molar-refractivity contribution in [3.8, 4) is 5.88 Å². The molecular formula is C23H32N6O2. The van der Waals surface area contributed by atoms with Gasteiger partial charge >= 0.3 is 0 Å². The molecule has 0 aliphatic carbocycles. The Balaban J connectivity index is 1.84. The lowest BCUT2D eigenvalue weighted by molar-refractivity contribution is 0.0268. The van der Waals surface area contributed by atoms with E-state index in [1.165, 1.54) is 0 Å². The van der Waals surface area contributed by atoms with Crippen molar-refractivity contribution < 1.29 is 9.84 Å². The molecule has 0 amide bonds. The van der Waals surface area contributed by atoms with Gasteiger partial charge in [-0.1, -0.05) is 32.0 Å². The zero-order valence-corrected chi connectivity index (χ0v) is 18.7. The summed E-state index contributed by atoms with van der Waals surface area (Å²) in [5, 5.41) is 15.4. The van der Waals surface area contributed by atoms with E-state index in [1.54, 1.807) is 26.1 Å². The fourth-order valence-electron chi connectivity index (χ4n) is 3.15. The molecule has 166 valence electrons. The molecule has 0 spiro atoms. The zero-order chi connectivity index (χ0) is 22.3. The van der Waals surface area contributed by atoms with Crippen LogP contribution in [0.15, 0.2) is 41.6 Å². The van der Waals surface area contributed by atoms with Gasteiger partial charge in [-0.2, -0.15) is 10.1 Å². The molecule has 0 bridgehead atoms. The second-order valence-corrected chi connectivity index (χ2v) is 8.14. The summed E-state index contributed by atoms with van der Waals surface area (Å²) in [4.78, 5) is 14.6. The molecule has 1 aromatic carbocycles. The minimum atomic E-state index is -0.956. The fourth-order valence-corrected chi connectivity index (χ4v) is 3.15. The quantitative estimate of drug-likeness (QED) is 0.315. The summed E-state index contributed by atoms with van der Waals surface area (Å²) < 4.78 is 5.75. The number of ether oxygens (including phenoxy) is 1. The van der Waals surface area contributed by atoms with Gasteiger partial charge < -0.3 is 19.7 Å². The number of hydrazone groups is 1. The number of aromatic amines is 1. The van der Waals surface area contributed by atoms with E-state index in [0.717, 1.165) is 42.5 Å². The molecule has 3 aromatic rings. The van der Waals surface area contributed by atoms with E-state index in [9.17, 15) is 5.11 Å². The number of rotatable bonds is 11. The first-order valence-corrected chi connectivity index (χ1v) is 10.7. The Bertz CT molecular complexity index is 1000. The highest BCUT2D eigenvalue weighted by Gasteiger charge is 2.16. The molecule has 8 nitrogen and oxygen atoms in total. The highest BCUT2D eigenvalue weighted by molar-refractivity contribution is 5.92. The van der Waals surface area contributed by atoms with Crippen LogP contribution < -0.4 is 15.1 Å². The van der Waals surface area contributed by atoms with Gasteiger partial charge in [0.25, 0.3) is 0 Å². The van der Waals surface area contributed by atoms with Crippen LogP contribution in [0.1, 0.15) is 46.2 Å². The molecular weight excluding hydrogens is 392 g/mol. The molecule has 8 heteroatoms. The van der Waals surface area contributed by atoms with Crippen molar-refractivity contribution in [2.45, 2.75) is 46.1 Å². The van der Waals surface area contributed by atoms with Crippen molar-refractivity contribution in [2.24, 2.45) is 5.10 Å². The van der Waals surface area contributed by atoms with Crippen molar-refractivity contribution >= 4 is 28.8 Å². The van der Waals surface area contributed by atoms with E-state index in [-0.39, 0.29) is 6.61 Å². The maximum Gasteiger partial charge on any atom is 0.229 e. The number of H-pyrrole nitrogens is 1. The molecule has 0 radical (unpaired) electrons. The first-order chi connectivity index (χ1) is 14.9. The molecule has 0 aliphatic heterocycles. The van der Waals surface area contributed by atoms with Gasteiger partial charge in [0.1, 0.15) is 6.61 Å². The Hall–Kier alpha value is -3.13. The standard InChI is InChI=1S/C23H32N6O2/c1-5-11-29(12-6-2)22-26-17(13-21(27-22)31-16-23(3,4)30)14-25-28-20-15-24-19-10-8-7-9-18(19)20/h7-10,13-15,24,28,30H,5-6,11-12,16H2,1-4H3/b25-14+. The van der Waals surface area contributed by atoms with Gasteiger partial charge in [0, 0.05) is 36.3 Å². The second-order valence-electron chi connectivity index (χ2n) is 8.14. The van der Waals surface area contributed by atoms with Gasteiger partial charge in [-0.3, -0.25) is 5.43 Å². The first kappa shape index (κ1) is 22.6. The fraction of sp³-hybridized carbons (Fsp3) is 0.435. The van der Waals surface area contributed by atoms with E-state index in [2.05, 4.69) is 44.2 Å². The summed E-state index contributed by atoms with van der Waals surface area (Å²) >= 11 is 0. The van der Waals surface area contributed by atoms with Gasteiger partial charge in [-0.05, 0) is 32.8 Å². The molecule has 3 rings (SSSR count). The smallest absolute Gasteiger partial charge is 0.229 e. The Kier molecular flexibility index (Phi) is 7.46. The van der Waals surface area contributed by atoms with Gasteiger partial charge in [0.05, 0.1) is 23.2 Å². The van der Waals surface area contributed by atoms with Crippen LogP contribution in [0, 0.1) is 0 Å². The van der Waals surface area contributed by atoms with Gasteiger partial charge in [-0.25, -0.2) is 4.98 Å². The van der Waals surface area contributed by atoms with E-state index < -0.39 is 5.60 Å². The van der Waals surface area contributed by atoms with Crippen LogP contribution in [0.25, 0.3) is 10.9 Å². The van der Waals surface area contributed by atoms with E-state index in [0.29, 0.717) is 17.5 Å². The lowest BCUT2D eigenvalue weighted by Gasteiger charge is -2.23. The Morgan fingerprint density at radius 3 is 2.65 bits per heavy atom. The van der Waals surface area contributed by atoms with Crippen LogP contribution in [0.5, 0.6) is 5.88 Å². The van der Waals surface area contributed by atoms with Gasteiger partial charge in [-0.15, -0.1) is 0 Å². The summed E-state index contributed by atoms with van der Waals surface area (Å²) in [7, 11) is 0. The summed E-state index contributed by atoms with van der Waals surface area (Å²) in [5.74, 6) is 1.02. The number of fused-ring (bicyclic) bond motifs is 1. The van der Waals surface area contributed by atoms with Crippen LogP contribution in [0.4, 0.5) is 11.6 Å². The summed E-state index contributed by atoms with van der Waals surface area (Å²) in [6.45, 7) is 9.50. The zero-order valence-electron chi connectivity index (χ0n) is 18.7. The molecule has 0 unspecified atom stereocenters. The van der Waals surface area contributed by atoms with Crippen LogP contribution >= 0.6 is 0 Å². The van der Waals surface area contributed by atoms with E-state index in [4.69, 9.17) is 4.74 Å². The Morgan fingerprint density at radius 1 is 1.19 bits per heavy atom. The first-order valence-electron chi connectivity index (χ1n) is 10.7. The highest BCUT2D eigenvalue weighted by atomic mass is 16.5. The molecule has 3 N–H and O–H groups in total. The molecule has 31 heavy (non-hydrogen) atoms. The molecule has 0 atom stereocenters. The van der Waals surface area contributed by atoms with Crippen molar-refractivity contribution in [1.82, 2.24) is 15.0 Å². The van der Waals surface area contributed by atoms with Crippen molar-refractivity contribution in [3.05, 3.63) is 42.2 Å². The molecule has 0 fully saturated rings. The lowest BCUT2D eigenvalue weighted by Crippen LogP contribution is -2.29. The van der Waals surface area contributed by atoms with Crippen molar-refractivity contribution in [3.63, 3.8) is 0 Å². The summed E-state index contributed by atoms with van der Waals surface area (Å²) in [6, 6.07) is 9.75. The average Bonchev–Trinajstić information content (AvgIpc) is 3.15. The van der Waals surface area contributed by atoms with Crippen LogP contribution in [0.3, 0.4) is 0 Å². The van der Waals surface area contributed by atoms with E-state index >= 15 is 0 Å². The van der Waals surface area contributed by atoms with Crippen LogP contribution in [-0.2, 0) is 0 Å². The SMILES string of the molecule is CCCN(CCC)c1nc(/C=N/Nc2c[nH]c3ccccc23)cc(OCC(C)(C)O)n1. The lowest BCUT2D eigenvalue weighted by atomic mass is 10.2. The Morgan fingerprint density at radius 2 is 1.94 bits per heavy atom. The topological polar surface area (TPSA) is 98.7 Å². The third-order valence-corrected chi connectivity index (χ3v) is 4.52. The molecule has 0 saturated carbocycles. The summed E-state index contributed by atoms with van der Waals surface area (Å²) in [5.41, 5.74) is 4.67. The highest BCUT2D eigenvalue weighted by Crippen LogP contribution is 2.22. The minimum absolute atomic E-state index is 0.134. The molecule has 0 aliphatic rings. The van der Waals surface area contributed by atoms with Gasteiger partial charge in [0.2, 0.25) is 11.8 Å².